The molecule has 0 aliphatic carbocycles. The van der Waals surface area contributed by atoms with Crippen molar-refractivity contribution in [3.8, 4) is 0 Å². The van der Waals surface area contributed by atoms with Crippen LogP contribution >= 0.6 is 15.9 Å². The summed E-state index contributed by atoms with van der Waals surface area (Å²) in [5.41, 5.74) is -1.44. The van der Waals surface area contributed by atoms with Gasteiger partial charge in [-0.3, -0.25) is 9.59 Å². The van der Waals surface area contributed by atoms with Crippen LogP contribution in [0.25, 0.3) is 0 Å². The quantitative estimate of drug-likeness (QED) is 0.599. The number of hydrogen-bond donors (Lipinski definition) is 1. The SMILES string of the molecule is CCOC(=O)C(CC(C)OC)(C(=O)O)c1ccccc1Br. The minimum Gasteiger partial charge on any atom is -0.480 e. The number of hydrogen-bond acceptors (Lipinski definition) is 4. The highest BCUT2D eigenvalue weighted by Crippen LogP contribution is 2.36. The molecule has 116 valence electrons. The predicted molar refractivity (Wildman–Crippen MR) is 81.2 cm³/mol. The molecular weight excluding hydrogens is 340 g/mol. The Kier molecular flexibility index (Phi) is 6.36. The number of halogens is 1. The maximum absolute atomic E-state index is 12.4. The van der Waals surface area contributed by atoms with Crippen LogP contribution in [0.1, 0.15) is 25.8 Å². The summed E-state index contributed by atoms with van der Waals surface area (Å²) in [4.78, 5) is 24.4. The molecule has 0 fully saturated rings. The molecule has 1 N–H and O–H groups in total. The van der Waals surface area contributed by atoms with Gasteiger partial charge in [-0.15, -0.1) is 0 Å². The van der Waals surface area contributed by atoms with E-state index in [1.165, 1.54) is 7.11 Å². The summed E-state index contributed by atoms with van der Waals surface area (Å²) in [6.07, 6.45) is -0.432. The van der Waals surface area contributed by atoms with Crippen molar-refractivity contribution in [3.05, 3.63) is 34.3 Å². The third-order valence-corrected chi connectivity index (χ3v) is 4.01. The number of ether oxygens (including phenoxy) is 2. The molecule has 0 heterocycles. The van der Waals surface area contributed by atoms with E-state index in [1.807, 2.05) is 0 Å². The molecular formula is C15H19BrO5. The van der Waals surface area contributed by atoms with Crippen molar-refractivity contribution in [1.82, 2.24) is 0 Å². The Morgan fingerprint density at radius 2 is 2.00 bits per heavy atom. The summed E-state index contributed by atoms with van der Waals surface area (Å²) in [7, 11) is 1.47. The third kappa shape index (κ3) is 3.63. The van der Waals surface area contributed by atoms with Crippen LogP contribution in [0.5, 0.6) is 0 Å². The van der Waals surface area contributed by atoms with Crippen LogP contribution in [0.3, 0.4) is 0 Å². The zero-order valence-corrected chi connectivity index (χ0v) is 13.8. The maximum Gasteiger partial charge on any atom is 0.328 e. The van der Waals surface area contributed by atoms with E-state index in [0.717, 1.165) is 0 Å². The largest absolute Gasteiger partial charge is 0.480 e. The second-order valence-electron chi connectivity index (χ2n) is 4.66. The van der Waals surface area contributed by atoms with Crippen molar-refractivity contribution in [3.63, 3.8) is 0 Å². The molecule has 0 spiro atoms. The molecule has 21 heavy (non-hydrogen) atoms. The highest BCUT2D eigenvalue weighted by Gasteiger charge is 2.51. The fourth-order valence-electron chi connectivity index (χ4n) is 2.17. The summed E-state index contributed by atoms with van der Waals surface area (Å²) in [5.74, 6) is -2.04. The Labute approximate surface area is 132 Å². The van der Waals surface area contributed by atoms with Gasteiger partial charge in [0.15, 0.2) is 5.41 Å². The van der Waals surface area contributed by atoms with Crippen molar-refractivity contribution in [2.75, 3.05) is 13.7 Å². The minimum atomic E-state index is -1.80. The number of carboxylic acid groups (broad SMARTS) is 1. The highest BCUT2D eigenvalue weighted by atomic mass is 79.9. The molecule has 0 aromatic heterocycles. The summed E-state index contributed by atoms with van der Waals surface area (Å²) >= 11 is 3.32. The van der Waals surface area contributed by atoms with Crippen LogP contribution < -0.4 is 0 Å². The second kappa shape index (κ2) is 7.56. The van der Waals surface area contributed by atoms with E-state index in [4.69, 9.17) is 9.47 Å². The zero-order chi connectivity index (χ0) is 16.0. The van der Waals surface area contributed by atoms with Crippen LogP contribution in [0.15, 0.2) is 28.7 Å². The topological polar surface area (TPSA) is 72.8 Å². The van der Waals surface area contributed by atoms with Gasteiger partial charge in [0.1, 0.15) is 0 Å². The molecule has 2 atom stereocenters. The van der Waals surface area contributed by atoms with Crippen molar-refractivity contribution in [2.45, 2.75) is 31.8 Å². The van der Waals surface area contributed by atoms with Crippen LogP contribution in [-0.2, 0) is 24.5 Å². The van der Waals surface area contributed by atoms with Crippen molar-refractivity contribution >= 4 is 27.9 Å². The number of rotatable bonds is 7. The molecule has 1 rings (SSSR count). The van der Waals surface area contributed by atoms with Crippen LogP contribution in [-0.4, -0.2) is 36.9 Å². The molecule has 0 aliphatic heterocycles. The highest BCUT2D eigenvalue weighted by molar-refractivity contribution is 9.10. The average Bonchev–Trinajstić information content (AvgIpc) is 2.45. The Hall–Kier alpha value is -1.40. The Morgan fingerprint density at radius 1 is 1.38 bits per heavy atom. The maximum atomic E-state index is 12.4. The fourth-order valence-corrected chi connectivity index (χ4v) is 2.79. The Bertz CT molecular complexity index is 517. The first-order chi connectivity index (χ1) is 9.90. The van der Waals surface area contributed by atoms with Gasteiger partial charge in [-0.25, -0.2) is 0 Å². The standard InChI is InChI=1S/C15H19BrO5/c1-4-21-14(19)15(13(17)18,9-10(2)20-3)11-7-5-6-8-12(11)16/h5-8,10H,4,9H2,1-3H3,(H,17,18). The lowest BCUT2D eigenvalue weighted by Gasteiger charge is -2.30. The Morgan fingerprint density at radius 3 is 2.48 bits per heavy atom. The predicted octanol–water partition coefficient (Wildman–Crippen LogP) is 2.76. The van der Waals surface area contributed by atoms with Gasteiger partial charge in [-0.2, -0.15) is 0 Å². The molecule has 1 aromatic carbocycles. The molecule has 0 amide bonds. The van der Waals surface area contributed by atoms with E-state index in [0.29, 0.717) is 10.0 Å². The monoisotopic (exact) mass is 358 g/mol. The molecule has 6 heteroatoms. The normalized spacial score (nSPS) is 15.0. The van der Waals surface area contributed by atoms with Gasteiger partial charge in [0.25, 0.3) is 0 Å². The van der Waals surface area contributed by atoms with Crippen LogP contribution in [0.4, 0.5) is 0 Å². The molecule has 0 bridgehead atoms. The molecule has 2 unspecified atom stereocenters. The first-order valence-electron chi connectivity index (χ1n) is 6.58. The average molecular weight is 359 g/mol. The van der Waals surface area contributed by atoms with Crippen molar-refractivity contribution in [2.24, 2.45) is 0 Å². The number of aliphatic carboxylic acids is 1. The first-order valence-corrected chi connectivity index (χ1v) is 7.37. The summed E-state index contributed by atoms with van der Waals surface area (Å²) in [6, 6.07) is 6.75. The van der Waals surface area contributed by atoms with Crippen LogP contribution in [0.2, 0.25) is 0 Å². The summed E-state index contributed by atoms with van der Waals surface area (Å²) < 4.78 is 10.7. The third-order valence-electron chi connectivity index (χ3n) is 3.32. The van der Waals surface area contributed by atoms with E-state index in [9.17, 15) is 14.7 Å². The molecule has 0 saturated carbocycles. The van der Waals surface area contributed by atoms with E-state index in [1.54, 1.807) is 38.1 Å². The number of esters is 1. The van der Waals surface area contributed by atoms with Gasteiger partial charge < -0.3 is 14.6 Å². The van der Waals surface area contributed by atoms with E-state index >= 15 is 0 Å². The molecule has 0 radical (unpaired) electrons. The van der Waals surface area contributed by atoms with Crippen molar-refractivity contribution in [1.29, 1.82) is 0 Å². The van der Waals surface area contributed by atoms with Gasteiger partial charge in [-0.05, 0) is 25.5 Å². The number of benzene rings is 1. The number of carbonyl (C=O) groups is 2. The Balaban J connectivity index is 3.48. The lowest BCUT2D eigenvalue weighted by atomic mass is 9.76. The molecule has 0 aliphatic rings. The zero-order valence-electron chi connectivity index (χ0n) is 12.3. The minimum absolute atomic E-state index is 0.0136. The lowest BCUT2D eigenvalue weighted by molar-refractivity contribution is -0.163. The molecule has 5 nitrogen and oxygen atoms in total. The van der Waals surface area contributed by atoms with Crippen LogP contribution in [0, 0.1) is 0 Å². The van der Waals surface area contributed by atoms with Gasteiger partial charge in [0, 0.05) is 18.0 Å². The number of methoxy groups -OCH3 is 1. The smallest absolute Gasteiger partial charge is 0.328 e. The lowest BCUT2D eigenvalue weighted by Crippen LogP contribution is -2.47. The molecule has 0 saturated heterocycles. The molecule has 1 aromatic rings. The second-order valence-corrected chi connectivity index (χ2v) is 5.52. The first kappa shape index (κ1) is 17.7. The number of carboxylic acids is 1. The van der Waals surface area contributed by atoms with E-state index in [2.05, 4.69) is 15.9 Å². The summed E-state index contributed by atoms with van der Waals surface area (Å²) in [6.45, 7) is 3.47. The van der Waals surface area contributed by atoms with Gasteiger partial charge in [0.05, 0.1) is 12.7 Å². The van der Waals surface area contributed by atoms with Gasteiger partial charge in [0.2, 0.25) is 0 Å². The van der Waals surface area contributed by atoms with Crippen molar-refractivity contribution < 1.29 is 24.2 Å². The summed E-state index contributed by atoms with van der Waals surface area (Å²) in [5, 5.41) is 9.77. The fraction of sp³-hybridized carbons (Fsp3) is 0.467. The van der Waals surface area contributed by atoms with Gasteiger partial charge >= 0.3 is 11.9 Å². The van der Waals surface area contributed by atoms with E-state index in [-0.39, 0.29) is 13.0 Å². The van der Waals surface area contributed by atoms with E-state index < -0.39 is 23.5 Å². The number of carbonyl (C=O) groups excluding carboxylic acids is 1. The van der Waals surface area contributed by atoms with Gasteiger partial charge in [-0.1, -0.05) is 34.1 Å².